The Morgan fingerprint density at radius 1 is 0.905 bits per heavy atom. The average Bonchev–Trinajstić information content (AvgIpc) is 2.52. The second kappa shape index (κ2) is 8.83. The summed E-state index contributed by atoms with van der Waals surface area (Å²) in [5, 5.41) is 3.34. The number of thioether (sulfide) groups is 1. The van der Waals surface area contributed by atoms with Crippen LogP contribution in [0.15, 0.2) is 48.5 Å². The van der Waals surface area contributed by atoms with Crippen LogP contribution in [-0.2, 0) is 17.1 Å². The Labute approximate surface area is 141 Å². The van der Waals surface area contributed by atoms with Crippen LogP contribution in [0, 0.1) is 5.41 Å². The number of benzene rings is 2. The number of methoxy groups -OCH3 is 2. The second-order valence-electron chi connectivity index (χ2n) is 4.15. The molecule has 2 nitrogen and oxygen atoms in total. The Morgan fingerprint density at radius 2 is 1.48 bits per heavy atom. The molecule has 2 aromatic carbocycles. The van der Waals surface area contributed by atoms with Crippen molar-refractivity contribution in [3.63, 3.8) is 0 Å². The van der Waals surface area contributed by atoms with E-state index >= 15 is 0 Å². The summed E-state index contributed by atoms with van der Waals surface area (Å²) in [6.45, 7) is 0. The molecule has 0 aliphatic heterocycles. The molecule has 0 N–H and O–H groups in total. The average molecular weight is 349 g/mol. The summed E-state index contributed by atoms with van der Waals surface area (Å²) in [5.41, 5.74) is 3.19. The van der Waals surface area contributed by atoms with Gasteiger partial charge in [0.05, 0.1) is 14.2 Å². The molecule has 2 rings (SSSR count). The molecule has 0 aliphatic rings. The second-order valence-corrected chi connectivity index (χ2v) is 4.76. The molecule has 0 radical (unpaired) electrons. The standard InChI is InChI=1S/C17H17O2S.Cu/c1-18-15-9-14(10-16(11-15)19-2)17(12-20-3)13-7-5-4-6-8-13;/h4-11H,1-3H3;/q-1;+1. The van der Waals surface area contributed by atoms with Crippen LogP contribution in [-0.4, -0.2) is 20.5 Å². The van der Waals surface area contributed by atoms with Crippen LogP contribution in [0.5, 0.6) is 11.5 Å². The largest absolute Gasteiger partial charge is 1.00 e. The first kappa shape index (κ1) is 17.7. The van der Waals surface area contributed by atoms with Gasteiger partial charge in [-0.05, 0) is 6.26 Å². The first-order chi connectivity index (χ1) is 9.78. The predicted octanol–water partition coefficient (Wildman–Crippen LogP) is 4.26. The fourth-order valence-electron chi connectivity index (χ4n) is 1.94. The molecule has 0 amide bonds. The zero-order chi connectivity index (χ0) is 14.4. The van der Waals surface area contributed by atoms with E-state index < -0.39 is 0 Å². The number of hydrogen-bond acceptors (Lipinski definition) is 3. The molecule has 0 aliphatic carbocycles. The van der Waals surface area contributed by atoms with Gasteiger partial charge in [0.1, 0.15) is 11.5 Å². The molecule has 0 aromatic heterocycles. The van der Waals surface area contributed by atoms with Gasteiger partial charge in [0.25, 0.3) is 0 Å². The van der Waals surface area contributed by atoms with E-state index in [1.165, 1.54) is 0 Å². The number of ether oxygens (including phenoxy) is 2. The number of hydrogen-bond donors (Lipinski definition) is 0. The van der Waals surface area contributed by atoms with Crippen molar-refractivity contribution < 1.29 is 26.5 Å². The Bertz CT molecular complexity index is 575. The minimum absolute atomic E-state index is 0. The molecule has 0 saturated carbocycles. The van der Waals surface area contributed by atoms with Crippen LogP contribution < -0.4 is 9.47 Å². The van der Waals surface area contributed by atoms with Gasteiger partial charge < -0.3 is 9.47 Å². The van der Waals surface area contributed by atoms with Gasteiger partial charge in [0, 0.05) is 6.07 Å². The maximum absolute atomic E-state index is 5.33. The quantitative estimate of drug-likeness (QED) is 0.594. The van der Waals surface area contributed by atoms with Crippen molar-refractivity contribution >= 4 is 17.3 Å². The van der Waals surface area contributed by atoms with Gasteiger partial charge in [-0.15, -0.1) is 28.7 Å². The van der Waals surface area contributed by atoms with Crippen molar-refractivity contribution in [2.45, 2.75) is 0 Å². The van der Waals surface area contributed by atoms with E-state index in [0.29, 0.717) is 0 Å². The zero-order valence-corrected chi connectivity index (χ0v) is 13.9. The zero-order valence-electron chi connectivity index (χ0n) is 12.1. The first-order valence-corrected chi connectivity index (χ1v) is 7.45. The van der Waals surface area contributed by atoms with Gasteiger partial charge in [-0.1, -0.05) is 30.3 Å². The molecule has 0 atom stereocenters. The fraction of sp³-hybridized carbons (Fsp3) is 0.176. The summed E-state index contributed by atoms with van der Waals surface area (Å²) in [5.74, 6) is 1.55. The Balaban J connectivity index is 0.00000220. The molecule has 0 spiro atoms. The van der Waals surface area contributed by atoms with Crippen molar-refractivity contribution in [3.8, 4) is 11.5 Å². The maximum atomic E-state index is 5.33. The Hall–Kier alpha value is -1.35. The minimum atomic E-state index is 0. The van der Waals surface area contributed by atoms with Crippen molar-refractivity contribution in [3.05, 3.63) is 65.1 Å². The Morgan fingerprint density at radius 3 is 1.95 bits per heavy atom. The molecule has 4 heteroatoms. The summed E-state index contributed by atoms with van der Waals surface area (Å²) in [7, 11) is 3.31. The third-order valence-corrected chi connectivity index (χ3v) is 3.31. The van der Waals surface area contributed by atoms with Crippen LogP contribution in [0.3, 0.4) is 0 Å². The van der Waals surface area contributed by atoms with Gasteiger partial charge in [-0.2, -0.15) is 5.57 Å². The monoisotopic (exact) mass is 348 g/mol. The van der Waals surface area contributed by atoms with E-state index in [0.717, 1.165) is 28.2 Å². The van der Waals surface area contributed by atoms with Crippen molar-refractivity contribution in [2.24, 2.45) is 0 Å². The van der Waals surface area contributed by atoms with E-state index in [1.807, 2.05) is 42.7 Å². The van der Waals surface area contributed by atoms with E-state index in [1.54, 1.807) is 26.0 Å². The van der Waals surface area contributed by atoms with Crippen molar-refractivity contribution in [1.29, 1.82) is 0 Å². The van der Waals surface area contributed by atoms with Gasteiger partial charge in [-0.3, -0.25) is 0 Å². The van der Waals surface area contributed by atoms with Gasteiger partial charge >= 0.3 is 17.1 Å². The van der Waals surface area contributed by atoms with E-state index in [-0.39, 0.29) is 17.1 Å². The summed E-state index contributed by atoms with van der Waals surface area (Å²) < 4.78 is 10.7. The first-order valence-electron chi connectivity index (χ1n) is 6.23. The summed E-state index contributed by atoms with van der Waals surface area (Å²) >= 11 is 1.56. The normalized spacial score (nSPS) is 10.7. The topological polar surface area (TPSA) is 18.5 Å². The van der Waals surface area contributed by atoms with Crippen molar-refractivity contribution in [1.82, 2.24) is 0 Å². The van der Waals surface area contributed by atoms with E-state index in [9.17, 15) is 0 Å². The summed E-state index contributed by atoms with van der Waals surface area (Å²) in [4.78, 5) is 0. The molecule has 0 fully saturated rings. The predicted molar refractivity (Wildman–Crippen MR) is 85.3 cm³/mol. The van der Waals surface area contributed by atoms with Gasteiger partial charge in [-0.25, -0.2) is 11.8 Å². The molecule has 0 saturated heterocycles. The Kier molecular flexibility index (Phi) is 7.44. The van der Waals surface area contributed by atoms with Crippen LogP contribution in [0.2, 0.25) is 0 Å². The van der Waals surface area contributed by atoms with E-state index in [4.69, 9.17) is 9.47 Å². The fourth-order valence-corrected chi connectivity index (χ4v) is 2.38. The molecule has 0 heterocycles. The van der Waals surface area contributed by atoms with Crippen molar-refractivity contribution in [2.75, 3.05) is 20.5 Å². The molecule has 2 aromatic rings. The summed E-state index contributed by atoms with van der Waals surface area (Å²) in [6, 6.07) is 16.1. The van der Waals surface area contributed by atoms with Crippen LogP contribution in [0.1, 0.15) is 11.1 Å². The van der Waals surface area contributed by atoms with E-state index in [2.05, 4.69) is 17.5 Å². The third kappa shape index (κ3) is 4.57. The molecular formula is C17H17CuO2S. The molecule has 114 valence electrons. The smallest absolute Gasteiger partial charge is 0.498 e. The van der Waals surface area contributed by atoms with Crippen LogP contribution in [0.25, 0.3) is 5.57 Å². The third-order valence-electron chi connectivity index (χ3n) is 2.91. The van der Waals surface area contributed by atoms with Crippen LogP contribution in [0.4, 0.5) is 0 Å². The van der Waals surface area contributed by atoms with Gasteiger partial charge in [0.2, 0.25) is 0 Å². The summed E-state index contributed by atoms with van der Waals surface area (Å²) in [6.07, 6.45) is 2.00. The molecular weight excluding hydrogens is 332 g/mol. The van der Waals surface area contributed by atoms with Gasteiger partial charge in [0.15, 0.2) is 0 Å². The molecule has 0 bridgehead atoms. The number of rotatable bonds is 5. The SMILES string of the molecule is COc1cc(OC)cc(C(=[C-]SC)c2ccccc2)c1.[Cu+]. The minimum Gasteiger partial charge on any atom is -0.498 e. The van der Waals surface area contributed by atoms with Crippen LogP contribution >= 0.6 is 11.8 Å². The maximum Gasteiger partial charge on any atom is 1.00 e. The molecule has 0 unspecified atom stereocenters. The molecule has 21 heavy (non-hydrogen) atoms.